The number of thioether (sulfide) groups is 1. The minimum Gasteiger partial charge on any atom is -0.382 e. The summed E-state index contributed by atoms with van der Waals surface area (Å²) in [6.07, 6.45) is 0.947. The van der Waals surface area contributed by atoms with Crippen LogP contribution in [0.5, 0.6) is 0 Å². The number of ether oxygens (including phenoxy) is 2. The van der Waals surface area contributed by atoms with E-state index in [0.29, 0.717) is 13.2 Å². The van der Waals surface area contributed by atoms with Crippen LogP contribution in [0.1, 0.15) is 12.0 Å². The van der Waals surface area contributed by atoms with Gasteiger partial charge in [0.1, 0.15) is 0 Å². The Kier molecular flexibility index (Phi) is 15.6. The minimum atomic E-state index is 0. The molecular weight excluding hydrogens is 437 g/mol. The number of halogens is 1. The molecule has 0 aliphatic rings. The van der Waals surface area contributed by atoms with E-state index < -0.39 is 0 Å². The molecule has 1 aromatic rings. The Balaban J connectivity index is 0.00000529. The molecule has 24 heavy (non-hydrogen) atoms. The number of hydrogen-bond donors (Lipinski definition) is 2. The van der Waals surface area contributed by atoms with Crippen molar-refractivity contribution in [1.82, 2.24) is 10.6 Å². The molecule has 138 valence electrons. The molecule has 2 N–H and O–H groups in total. The van der Waals surface area contributed by atoms with E-state index in [0.717, 1.165) is 37.8 Å². The molecule has 0 heterocycles. The molecular formula is C17H30IN3O2S. The molecule has 0 spiro atoms. The molecule has 0 unspecified atom stereocenters. The molecule has 0 bridgehead atoms. The summed E-state index contributed by atoms with van der Waals surface area (Å²) in [4.78, 5) is 5.52. The minimum absolute atomic E-state index is 0. The lowest BCUT2D eigenvalue weighted by molar-refractivity contribution is 0.0698. The molecule has 1 rings (SSSR count). The number of methoxy groups -OCH3 is 1. The van der Waals surface area contributed by atoms with Crippen LogP contribution in [0, 0.1) is 6.92 Å². The van der Waals surface area contributed by atoms with Crippen LogP contribution in [0.2, 0.25) is 0 Å². The van der Waals surface area contributed by atoms with Gasteiger partial charge in [0.15, 0.2) is 5.96 Å². The van der Waals surface area contributed by atoms with Gasteiger partial charge in [-0.1, -0.05) is 17.7 Å². The number of rotatable bonds is 11. The molecule has 0 amide bonds. The quantitative estimate of drug-likeness (QED) is 0.172. The molecule has 0 saturated heterocycles. The zero-order valence-corrected chi connectivity index (χ0v) is 18.0. The average Bonchev–Trinajstić information content (AvgIpc) is 2.57. The molecule has 5 nitrogen and oxygen atoms in total. The van der Waals surface area contributed by atoms with Crippen LogP contribution >= 0.6 is 35.7 Å². The normalized spacial score (nSPS) is 11.0. The van der Waals surface area contributed by atoms with Gasteiger partial charge in [-0.2, -0.15) is 0 Å². The predicted octanol–water partition coefficient (Wildman–Crippen LogP) is 2.92. The third-order valence-corrected chi connectivity index (χ3v) is 4.11. The van der Waals surface area contributed by atoms with E-state index in [9.17, 15) is 0 Å². The Morgan fingerprint density at radius 1 is 1.08 bits per heavy atom. The van der Waals surface area contributed by atoms with Crippen molar-refractivity contribution >= 4 is 41.7 Å². The number of guanidine groups is 1. The first-order valence-corrected chi connectivity index (χ1v) is 8.95. The van der Waals surface area contributed by atoms with Gasteiger partial charge in [-0.15, -0.1) is 35.7 Å². The Hall–Kier alpha value is -0.510. The lowest BCUT2D eigenvalue weighted by Gasteiger charge is -2.12. The zero-order chi connectivity index (χ0) is 16.8. The maximum absolute atomic E-state index is 5.42. The molecule has 0 aliphatic heterocycles. The number of hydrogen-bond acceptors (Lipinski definition) is 4. The lowest BCUT2D eigenvalue weighted by Crippen LogP contribution is -2.39. The Labute approximate surface area is 167 Å². The van der Waals surface area contributed by atoms with Gasteiger partial charge in [0.05, 0.1) is 13.2 Å². The molecule has 1 aromatic carbocycles. The summed E-state index contributed by atoms with van der Waals surface area (Å²) < 4.78 is 10.3. The van der Waals surface area contributed by atoms with Gasteiger partial charge in [-0.3, -0.25) is 4.99 Å². The SMILES string of the molecule is CN=C(NCCCOCCOC)NCCSc1ccc(C)cc1.I. The second-order valence-electron chi connectivity index (χ2n) is 5.05. The average molecular weight is 467 g/mol. The van der Waals surface area contributed by atoms with Gasteiger partial charge < -0.3 is 20.1 Å². The molecule has 0 atom stereocenters. The summed E-state index contributed by atoms with van der Waals surface area (Å²) >= 11 is 1.84. The van der Waals surface area contributed by atoms with Crippen LogP contribution in [0.4, 0.5) is 0 Å². The fraction of sp³-hybridized carbons (Fsp3) is 0.588. The van der Waals surface area contributed by atoms with Crippen molar-refractivity contribution in [1.29, 1.82) is 0 Å². The van der Waals surface area contributed by atoms with Crippen LogP contribution in [-0.4, -0.2) is 58.8 Å². The molecule has 0 aromatic heterocycles. The summed E-state index contributed by atoms with van der Waals surface area (Å²) in [6, 6.07) is 8.61. The maximum atomic E-state index is 5.42. The van der Waals surface area contributed by atoms with Gasteiger partial charge in [-0.25, -0.2) is 0 Å². The van der Waals surface area contributed by atoms with Gasteiger partial charge >= 0.3 is 0 Å². The first-order chi connectivity index (χ1) is 11.3. The lowest BCUT2D eigenvalue weighted by atomic mass is 10.2. The van der Waals surface area contributed by atoms with Crippen molar-refractivity contribution in [2.75, 3.05) is 52.8 Å². The smallest absolute Gasteiger partial charge is 0.191 e. The maximum Gasteiger partial charge on any atom is 0.191 e. The highest BCUT2D eigenvalue weighted by molar-refractivity contribution is 14.0. The second-order valence-corrected chi connectivity index (χ2v) is 6.21. The van der Waals surface area contributed by atoms with E-state index in [1.54, 1.807) is 14.2 Å². The highest BCUT2D eigenvalue weighted by Gasteiger charge is 1.98. The zero-order valence-electron chi connectivity index (χ0n) is 14.8. The number of aryl methyl sites for hydroxylation is 1. The highest BCUT2D eigenvalue weighted by Crippen LogP contribution is 2.17. The molecule has 7 heteroatoms. The molecule has 0 saturated carbocycles. The Bertz CT molecular complexity index is 444. The van der Waals surface area contributed by atoms with Crippen LogP contribution in [0.25, 0.3) is 0 Å². The number of aliphatic imine (C=N–C) groups is 1. The largest absolute Gasteiger partial charge is 0.382 e. The van der Waals surface area contributed by atoms with Crippen molar-refractivity contribution in [2.45, 2.75) is 18.2 Å². The first kappa shape index (κ1) is 23.5. The summed E-state index contributed by atoms with van der Waals surface area (Å²) in [6.45, 7) is 5.86. The van der Waals surface area contributed by atoms with E-state index in [2.05, 4.69) is 46.8 Å². The first-order valence-electron chi connectivity index (χ1n) is 7.97. The van der Waals surface area contributed by atoms with Crippen LogP contribution in [-0.2, 0) is 9.47 Å². The fourth-order valence-corrected chi connectivity index (χ4v) is 2.59. The van der Waals surface area contributed by atoms with E-state index in [-0.39, 0.29) is 24.0 Å². The molecule has 0 aliphatic carbocycles. The van der Waals surface area contributed by atoms with Crippen LogP contribution in [0.3, 0.4) is 0 Å². The highest BCUT2D eigenvalue weighted by atomic mass is 127. The summed E-state index contributed by atoms with van der Waals surface area (Å²) in [7, 11) is 3.47. The summed E-state index contributed by atoms with van der Waals surface area (Å²) in [5.41, 5.74) is 1.29. The van der Waals surface area contributed by atoms with E-state index in [1.165, 1.54) is 10.5 Å². The van der Waals surface area contributed by atoms with Gasteiger partial charge in [0.25, 0.3) is 0 Å². The second kappa shape index (κ2) is 16.0. The van der Waals surface area contributed by atoms with Crippen molar-refractivity contribution in [3.63, 3.8) is 0 Å². The van der Waals surface area contributed by atoms with E-state index >= 15 is 0 Å². The standard InChI is InChI=1S/C17H29N3O2S.HI/c1-15-5-7-16(8-6-15)23-14-10-20-17(18-2)19-9-4-11-22-13-12-21-3;/h5-8H,4,9-14H2,1-3H3,(H2,18,19,20);1H. The van der Waals surface area contributed by atoms with Crippen molar-refractivity contribution in [2.24, 2.45) is 4.99 Å². The van der Waals surface area contributed by atoms with E-state index in [1.807, 2.05) is 11.8 Å². The molecule has 0 fully saturated rings. The molecule has 0 radical (unpaired) electrons. The van der Waals surface area contributed by atoms with E-state index in [4.69, 9.17) is 9.47 Å². The summed E-state index contributed by atoms with van der Waals surface area (Å²) in [5.74, 6) is 1.84. The monoisotopic (exact) mass is 467 g/mol. The fourth-order valence-electron chi connectivity index (χ4n) is 1.82. The van der Waals surface area contributed by atoms with Crippen LogP contribution in [0.15, 0.2) is 34.2 Å². The topological polar surface area (TPSA) is 54.9 Å². The Morgan fingerprint density at radius 2 is 1.79 bits per heavy atom. The van der Waals surface area contributed by atoms with Gasteiger partial charge in [0.2, 0.25) is 0 Å². The Morgan fingerprint density at radius 3 is 2.46 bits per heavy atom. The third kappa shape index (κ3) is 11.9. The van der Waals surface area contributed by atoms with Crippen molar-refractivity contribution in [3.05, 3.63) is 29.8 Å². The third-order valence-electron chi connectivity index (χ3n) is 3.10. The summed E-state index contributed by atoms with van der Waals surface area (Å²) in [5, 5.41) is 6.60. The van der Waals surface area contributed by atoms with Crippen molar-refractivity contribution < 1.29 is 9.47 Å². The van der Waals surface area contributed by atoms with Gasteiger partial charge in [0, 0.05) is 44.5 Å². The van der Waals surface area contributed by atoms with Crippen molar-refractivity contribution in [3.8, 4) is 0 Å². The number of nitrogens with zero attached hydrogens (tertiary/aromatic N) is 1. The number of nitrogens with one attached hydrogen (secondary N) is 2. The number of benzene rings is 1. The predicted molar refractivity (Wildman–Crippen MR) is 114 cm³/mol. The van der Waals surface area contributed by atoms with Crippen LogP contribution < -0.4 is 10.6 Å². The van der Waals surface area contributed by atoms with Gasteiger partial charge in [-0.05, 0) is 25.5 Å².